The molecule has 5 nitrogen and oxygen atoms in total. The lowest BCUT2D eigenvalue weighted by Crippen LogP contribution is -2.27. The van der Waals surface area contributed by atoms with E-state index in [9.17, 15) is 4.79 Å². The Hall–Kier alpha value is -2.47. The summed E-state index contributed by atoms with van der Waals surface area (Å²) in [5.41, 5.74) is 2.69. The van der Waals surface area contributed by atoms with Gasteiger partial charge in [0, 0.05) is 0 Å². The molecule has 0 amide bonds. The molecule has 6 heteroatoms. The van der Waals surface area contributed by atoms with Crippen LogP contribution in [0, 0.1) is 6.92 Å². The Morgan fingerprint density at radius 2 is 2.00 bits per heavy atom. The molecule has 0 aliphatic carbocycles. The van der Waals surface area contributed by atoms with E-state index in [1.165, 1.54) is 10.8 Å². The molecule has 112 valence electrons. The largest absolute Gasteiger partial charge is 0.352 e. The number of aromatic nitrogens is 4. The van der Waals surface area contributed by atoms with Gasteiger partial charge in [-0.1, -0.05) is 37.8 Å². The van der Waals surface area contributed by atoms with Gasteiger partial charge in [0.05, 0.1) is 11.9 Å². The summed E-state index contributed by atoms with van der Waals surface area (Å²) in [6.45, 7) is 2.57. The fourth-order valence-corrected chi connectivity index (χ4v) is 3.61. The Morgan fingerprint density at radius 1 is 1.23 bits per heavy atom. The number of thiophene rings is 1. The van der Waals surface area contributed by atoms with Crippen molar-refractivity contribution in [3.05, 3.63) is 63.7 Å². The normalized spacial score (nSPS) is 11.0. The molecule has 0 atom stereocenters. The molecule has 1 aromatic carbocycles. The Balaban J connectivity index is 0.00000144. The smallest absolute Gasteiger partial charge is 0.278 e. The molecule has 0 aliphatic rings. The van der Waals surface area contributed by atoms with Gasteiger partial charge in [0.15, 0.2) is 5.65 Å². The predicted molar refractivity (Wildman–Crippen MR) is 89.6 cm³/mol. The van der Waals surface area contributed by atoms with E-state index in [1.54, 1.807) is 15.9 Å². The van der Waals surface area contributed by atoms with Gasteiger partial charge in [-0.25, -0.2) is 9.78 Å². The van der Waals surface area contributed by atoms with Crippen LogP contribution in [0.1, 0.15) is 18.6 Å². The topological polar surface area (TPSA) is 52.2 Å². The van der Waals surface area contributed by atoms with E-state index in [2.05, 4.69) is 15.5 Å². The lowest BCUT2D eigenvalue weighted by atomic mass is 10.2. The summed E-state index contributed by atoms with van der Waals surface area (Å²) in [6, 6.07) is 9.96. The van der Waals surface area contributed by atoms with Gasteiger partial charge in [0.25, 0.3) is 0 Å². The Bertz CT molecular complexity index is 998. The average Bonchev–Trinajstić information content (AvgIpc) is 3.11. The second kappa shape index (κ2) is 5.38. The van der Waals surface area contributed by atoms with Crippen LogP contribution in [-0.4, -0.2) is 19.2 Å². The lowest BCUT2D eigenvalue weighted by molar-refractivity contribution is 0.719. The number of rotatable bonds is 2. The molecular weight excluding hydrogens is 296 g/mol. The summed E-state index contributed by atoms with van der Waals surface area (Å²) in [6.07, 6.45) is 1.43. The first-order valence-electron chi connectivity index (χ1n) is 6.60. The highest BCUT2D eigenvalue weighted by atomic mass is 32.1. The van der Waals surface area contributed by atoms with Crippen LogP contribution in [0.5, 0.6) is 0 Å². The second-order valence-corrected chi connectivity index (χ2v) is 5.81. The van der Waals surface area contributed by atoms with Crippen LogP contribution < -0.4 is 5.69 Å². The Morgan fingerprint density at radius 3 is 2.77 bits per heavy atom. The third-order valence-electron chi connectivity index (χ3n) is 3.57. The highest BCUT2D eigenvalue weighted by molar-refractivity contribution is 7.17. The molecule has 0 N–H and O–H groups in total. The van der Waals surface area contributed by atoms with Crippen molar-refractivity contribution in [2.45, 2.75) is 20.9 Å². The van der Waals surface area contributed by atoms with Crippen molar-refractivity contribution in [3.8, 4) is 0 Å². The highest BCUT2D eigenvalue weighted by Gasteiger charge is 2.15. The first kappa shape index (κ1) is 14.5. The predicted octanol–water partition coefficient (Wildman–Crippen LogP) is 3.10. The van der Waals surface area contributed by atoms with E-state index in [-0.39, 0.29) is 13.1 Å². The first-order valence-corrected chi connectivity index (χ1v) is 7.48. The van der Waals surface area contributed by atoms with E-state index in [0.717, 1.165) is 21.3 Å². The summed E-state index contributed by atoms with van der Waals surface area (Å²) < 4.78 is 3.15. The third-order valence-corrected chi connectivity index (χ3v) is 4.69. The van der Waals surface area contributed by atoms with Gasteiger partial charge in [-0.05, 0) is 23.4 Å². The molecule has 4 aromatic rings. The molecule has 4 rings (SSSR count). The minimum Gasteiger partial charge on any atom is -0.278 e. The Kier molecular flexibility index (Phi) is 3.54. The average molecular weight is 312 g/mol. The van der Waals surface area contributed by atoms with Gasteiger partial charge < -0.3 is 0 Å². The molecule has 0 fully saturated rings. The van der Waals surface area contributed by atoms with Gasteiger partial charge in [0.2, 0.25) is 0 Å². The summed E-state index contributed by atoms with van der Waals surface area (Å²) in [4.78, 5) is 17.8. The third kappa shape index (κ3) is 2.03. The van der Waals surface area contributed by atoms with Gasteiger partial charge >= 0.3 is 5.69 Å². The van der Waals surface area contributed by atoms with E-state index in [0.29, 0.717) is 12.2 Å². The van der Waals surface area contributed by atoms with Crippen LogP contribution in [0.4, 0.5) is 0 Å². The number of fused-ring (bicyclic) bond motifs is 3. The van der Waals surface area contributed by atoms with Crippen molar-refractivity contribution in [1.82, 2.24) is 19.2 Å². The Labute approximate surface area is 131 Å². The first-order chi connectivity index (χ1) is 10.3. The maximum absolute atomic E-state index is 12.6. The van der Waals surface area contributed by atoms with Crippen molar-refractivity contribution in [2.24, 2.45) is 0 Å². The van der Waals surface area contributed by atoms with Crippen LogP contribution in [0.15, 0.2) is 46.8 Å². The number of nitrogens with zero attached hydrogens (tertiary/aromatic N) is 4. The summed E-state index contributed by atoms with van der Waals surface area (Å²) in [7, 11) is 0. The summed E-state index contributed by atoms with van der Waals surface area (Å²) >= 11 is 1.57. The summed E-state index contributed by atoms with van der Waals surface area (Å²) in [5.74, 6) is 0. The molecule has 0 aliphatic heterocycles. The minimum atomic E-state index is -0.152. The van der Waals surface area contributed by atoms with Gasteiger partial charge in [-0.3, -0.25) is 4.57 Å². The zero-order valence-electron chi connectivity index (χ0n) is 11.4. The standard InChI is InChI=1S/C15H12N4OS.CH4/c1-10-8-21-14-12(10)13-16-9-17-19(13)15(20)18(14)7-11-5-3-2-4-6-11;/h2-6,8-9H,7H2,1H3;1H4. The van der Waals surface area contributed by atoms with E-state index < -0.39 is 0 Å². The van der Waals surface area contributed by atoms with Crippen LogP contribution in [0.3, 0.4) is 0 Å². The van der Waals surface area contributed by atoms with E-state index in [1.807, 2.05) is 37.3 Å². The van der Waals surface area contributed by atoms with Crippen molar-refractivity contribution in [3.63, 3.8) is 0 Å². The minimum absolute atomic E-state index is 0. The molecule has 0 saturated carbocycles. The fraction of sp³-hybridized carbons (Fsp3) is 0.188. The number of aryl methyl sites for hydroxylation is 1. The van der Waals surface area contributed by atoms with Gasteiger partial charge in [-0.2, -0.15) is 9.61 Å². The zero-order valence-corrected chi connectivity index (χ0v) is 12.2. The quantitative estimate of drug-likeness (QED) is 0.571. The molecule has 3 heterocycles. The van der Waals surface area contributed by atoms with Crippen LogP contribution >= 0.6 is 11.3 Å². The monoisotopic (exact) mass is 312 g/mol. The molecule has 0 spiro atoms. The summed E-state index contributed by atoms with van der Waals surface area (Å²) in [5, 5.41) is 7.13. The fourth-order valence-electron chi connectivity index (χ4n) is 2.56. The van der Waals surface area contributed by atoms with Crippen LogP contribution in [0.25, 0.3) is 15.9 Å². The number of hydrogen-bond acceptors (Lipinski definition) is 4. The van der Waals surface area contributed by atoms with Crippen molar-refractivity contribution < 1.29 is 0 Å². The lowest BCUT2D eigenvalue weighted by Gasteiger charge is -2.08. The molecule has 0 radical (unpaired) electrons. The van der Waals surface area contributed by atoms with Crippen LogP contribution in [-0.2, 0) is 6.54 Å². The van der Waals surface area contributed by atoms with Crippen molar-refractivity contribution in [2.75, 3.05) is 0 Å². The second-order valence-electron chi connectivity index (χ2n) is 4.95. The molecule has 3 aromatic heterocycles. The van der Waals surface area contributed by atoms with Crippen molar-refractivity contribution in [1.29, 1.82) is 0 Å². The van der Waals surface area contributed by atoms with E-state index in [4.69, 9.17) is 0 Å². The maximum atomic E-state index is 12.6. The number of hydrogen-bond donors (Lipinski definition) is 0. The molecular formula is C16H16N4OS. The van der Waals surface area contributed by atoms with Crippen molar-refractivity contribution >= 4 is 27.2 Å². The zero-order chi connectivity index (χ0) is 14.4. The van der Waals surface area contributed by atoms with Crippen LogP contribution in [0.2, 0.25) is 0 Å². The highest BCUT2D eigenvalue weighted by Crippen LogP contribution is 2.27. The molecule has 22 heavy (non-hydrogen) atoms. The van der Waals surface area contributed by atoms with Gasteiger partial charge in [-0.15, -0.1) is 11.3 Å². The van der Waals surface area contributed by atoms with E-state index >= 15 is 0 Å². The molecule has 0 unspecified atom stereocenters. The molecule has 0 bridgehead atoms. The number of benzene rings is 1. The SMILES string of the molecule is C.Cc1csc2c1c1ncnn1c(=O)n2Cc1ccccc1. The van der Waals surface area contributed by atoms with Gasteiger partial charge in [0.1, 0.15) is 11.2 Å². The maximum Gasteiger partial charge on any atom is 0.352 e. The molecule has 0 saturated heterocycles.